The first-order valence-corrected chi connectivity index (χ1v) is 8.22. The van der Waals surface area contributed by atoms with Crippen LogP contribution in [0, 0.1) is 3.57 Å². The van der Waals surface area contributed by atoms with Crippen LogP contribution in [0.15, 0.2) is 42.6 Å². The van der Waals surface area contributed by atoms with Crippen LogP contribution in [-0.4, -0.2) is 36.1 Å². The smallest absolute Gasteiger partial charge is 0.151 e. The third-order valence-corrected chi connectivity index (χ3v) is 4.53. The highest BCUT2D eigenvalue weighted by molar-refractivity contribution is 14.1. The predicted molar refractivity (Wildman–Crippen MR) is 95.3 cm³/mol. The minimum Gasteiger partial charge on any atom is -0.396 e. The molecule has 0 saturated carbocycles. The van der Waals surface area contributed by atoms with Crippen molar-refractivity contribution in [1.82, 2.24) is 9.88 Å². The standard InChI is InChI=1S/C16H19IN4/c17-14-5-3-13(4-6-14)12-20-8-10-21(11-9-20)16-15(18)2-1-7-19-16/h1-7H,8-12,18H2. The molecule has 3 rings (SSSR count). The number of rotatable bonds is 3. The van der Waals surface area contributed by atoms with Gasteiger partial charge in [0.05, 0.1) is 5.69 Å². The Balaban J connectivity index is 1.58. The molecule has 1 saturated heterocycles. The molecule has 110 valence electrons. The number of nitrogens with two attached hydrogens (primary N) is 1. The first kappa shape index (κ1) is 14.6. The average molecular weight is 394 g/mol. The summed E-state index contributed by atoms with van der Waals surface area (Å²) in [5.74, 6) is 0.923. The number of hydrogen-bond donors (Lipinski definition) is 1. The van der Waals surface area contributed by atoms with Crippen LogP contribution in [0.3, 0.4) is 0 Å². The highest BCUT2D eigenvalue weighted by Gasteiger charge is 2.19. The second-order valence-electron chi connectivity index (χ2n) is 5.31. The minimum absolute atomic E-state index is 0.767. The minimum atomic E-state index is 0.767. The first-order valence-electron chi connectivity index (χ1n) is 7.14. The molecule has 0 amide bonds. The van der Waals surface area contributed by atoms with E-state index in [4.69, 9.17) is 5.73 Å². The maximum atomic E-state index is 6.01. The Morgan fingerprint density at radius 3 is 2.43 bits per heavy atom. The summed E-state index contributed by atoms with van der Waals surface area (Å²) in [5, 5.41) is 0. The van der Waals surface area contributed by atoms with Crippen LogP contribution in [0.4, 0.5) is 11.5 Å². The Morgan fingerprint density at radius 1 is 1.05 bits per heavy atom. The summed E-state index contributed by atoms with van der Waals surface area (Å²) in [7, 11) is 0. The van der Waals surface area contributed by atoms with Gasteiger partial charge in [0, 0.05) is 42.5 Å². The van der Waals surface area contributed by atoms with E-state index in [1.165, 1.54) is 9.13 Å². The van der Waals surface area contributed by atoms with Gasteiger partial charge in [-0.15, -0.1) is 0 Å². The van der Waals surface area contributed by atoms with Crippen molar-refractivity contribution < 1.29 is 0 Å². The molecule has 1 aromatic heterocycles. The Bertz CT molecular complexity index is 591. The number of pyridine rings is 1. The van der Waals surface area contributed by atoms with Crippen LogP contribution in [0.5, 0.6) is 0 Å². The number of benzene rings is 1. The van der Waals surface area contributed by atoms with Gasteiger partial charge < -0.3 is 10.6 Å². The van der Waals surface area contributed by atoms with Gasteiger partial charge in [-0.05, 0) is 52.4 Å². The fraction of sp³-hybridized carbons (Fsp3) is 0.312. The molecule has 1 aliphatic rings. The molecule has 4 nitrogen and oxygen atoms in total. The highest BCUT2D eigenvalue weighted by Crippen LogP contribution is 2.21. The van der Waals surface area contributed by atoms with Crippen LogP contribution >= 0.6 is 22.6 Å². The SMILES string of the molecule is Nc1cccnc1N1CCN(Cc2ccc(I)cc2)CC1. The third-order valence-electron chi connectivity index (χ3n) is 3.81. The zero-order valence-electron chi connectivity index (χ0n) is 11.9. The Hall–Kier alpha value is -1.34. The molecular weight excluding hydrogens is 375 g/mol. The van der Waals surface area contributed by atoms with Crippen molar-refractivity contribution >= 4 is 34.1 Å². The molecule has 5 heteroatoms. The molecule has 1 aromatic carbocycles. The summed E-state index contributed by atoms with van der Waals surface area (Å²) in [5.41, 5.74) is 8.15. The van der Waals surface area contributed by atoms with E-state index in [-0.39, 0.29) is 0 Å². The van der Waals surface area contributed by atoms with Crippen molar-refractivity contribution in [1.29, 1.82) is 0 Å². The van der Waals surface area contributed by atoms with Gasteiger partial charge >= 0.3 is 0 Å². The van der Waals surface area contributed by atoms with E-state index in [0.717, 1.165) is 44.2 Å². The van der Waals surface area contributed by atoms with Crippen molar-refractivity contribution in [3.63, 3.8) is 0 Å². The molecule has 0 unspecified atom stereocenters. The zero-order valence-corrected chi connectivity index (χ0v) is 14.0. The number of nitrogen functional groups attached to an aromatic ring is 1. The van der Waals surface area contributed by atoms with E-state index in [1.807, 2.05) is 18.3 Å². The van der Waals surface area contributed by atoms with E-state index in [0.29, 0.717) is 0 Å². The van der Waals surface area contributed by atoms with Gasteiger partial charge in [-0.25, -0.2) is 4.98 Å². The maximum Gasteiger partial charge on any atom is 0.151 e. The van der Waals surface area contributed by atoms with Crippen molar-refractivity contribution in [2.24, 2.45) is 0 Å². The Morgan fingerprint density at radius 2 is 1.76 bits per heavy atom. The number of anilines is 2. The number of hydrogen-bond acceptors (Lipinski definition) is 4. The molecule has 0 bridgehead atoms. The number of aromatic nitrogens is 1. The van der Waals surface area contributed by atoms with E-state index in [2.05, 4.69) is 61.6 Å². The van der Waals surface area contributed by atoms with Gasteiger partial charge in [-0.3, -0.25) is 4.90 Å². The molecule has 1 aliphatic heterocycles. The van der Waals surface area contributed by atoms with Crippen molar-refractivity contribution in [3.8, 4) is 0 Å². The van der Waals surface area contributed by atoms with Gasteiger partial charge in [0.15, 0.2) is 5.82 Å². The second kappa shape index (κ2) is 6.62. The lowest BCUT2D eigenvalue weighted by atomic mass is 10.2. The van der Waals surface area contributed by atoms with E-state index in [9.17, 15) is 0 Å². The van der Waals surface area contributed by atoms with Gasteiger partial charge in [0.2, 0.25) is 0 Å². The highest BCUT2D eigenvalue weighted by atomic mass is 127. The van der Waals surface area contributed by atoms with Gasteiger partial charge in [-0.2, -0.15) is 0 Å². The number of halogens is 1. The van der Waals surface area contributed by atoms with E-state index in [1.54, 1.807) is 0 Å². The van der Waals surface area contributed by atoms with Crippen LogP contribution in [0.1, 0.15) is 5.56 Å². The Kier molecular flexibility index (Phi) is 4.60. The van der Waals surface area contributed by atoms with Crippen LogP contribution in [-0.2, 0) is 6.54 Å². The van der Waals surface area contributed by atoms with E-state index >= 15 is 0 Å². The fourth-order valence-electron chi connectivity index (χ4n) is 2.64. The third kappa shape index (κ3) is 3.65. The Labute approximate surface area is 139 Å². The molecule has 1 fully saturated rings. The molecule has 2 heterocycles. The molecule has 0 atom stereocenters. The summed E-state index contributed by atoms with van der Waals surface area (Å²) in [6.45, 7) is 5.06. The van der Waals surface area contributed by atoms with Crippen molar-refractivity contribution in [3.05, 3.63) is 51.7 Å². The summed E-state index contributed by atoms with van der Waals surface area (Å²) >= 11 is 2.34. The monoisotopic (exact) mass is 394 g/mol. The number of piperazine rings is 1. The molecule has 21 heavy (non-hydrogen) atoms. The second-order valence-corrected chi connectivity index (χ2v) is 6.55. The normalized spacial score (nSPS) is 16.1. The van der Waals surface area contributed by atoms with E-state index < -0.39 is 0 Å². The maximum absolute atomic E-state index is 6.01. The molecule has 2 N–H and O–H groups in total. The van der Waals surface area contributed by atoms with Crippen molar-refractivity contribution in [2.45, 2.75) is 6.54 Å². The molecule has 0 aliphatic carbocycles. The summed E-state index contributed by atoms with van der Waals surface area (Å²) < 4.78 is 1.28. The van der Waals surface area contributed by atoms with Crippen molar-refractivity contribution in [2.75, 3.05) is 36.8 Å². The predicted octanol–water partition coefficient (Wildman–Crippen LogP) is 2.59. The quantitative estimate of drug-likeness (QED) is 0.814. The fourth-order valence-corrected chi connectivity index (χ4v) is 3.00. The summed E-state index contributed by atoms with van der Waals surface area (Å²) in [6, 6.07) is 12.6. The molecular formula is C16H19IN4. The molecule has 0 spiro atoms. The largest absolute Gasteiger partial charge is 0.396 e. The molecule has 2 aromatic rings. The lowest BCUT2D eigenvalue weighted by Gasteiger charge is -2.35. The van der Waals surface area contributed by atoms with Crippen LogP contribution in [0.2, 0.25) is 0 Å². The number of nitrogens with zero attached hydrogens (tertiary/aromatic N) is 3. The lowest BCUT2D eigenvalue weighted by Crippen LogP contribution is -2.46. The van der Waals surface area contributed by atoms with Crippen LogP contribution < -0.4 is 10.6 Å². The summed E-state index contributed by atoms with van der Waals surface area (Å²) in [4.78, 5) is 9.16. The topological polar surface area (TPSA) is 45.4 Å². The zero-order chi connectivity index (χ0) is 14.7. The summed E-state index contributed by atoms with van der Waals surface area (Å²) in [6.07, 6.45) is 1.81. The average Bonchev–Trinajstić information content (AvgIpc) is 2.51. The molecule has 0 radical (unpaired) electrons. The van der Waals surface area contributed by atoms with Gasteiger partial charge in [-0.1, -0.05) is 12.1 Å². The van der Waals surface area contributed by atoms with Crippen LogP contribution in [0.25, 0.3) is 0 Å². The van der Waals surface area contributed by atoms with Gasteiger partial charge in [0.1, 0.15) is 0 Å². The first-order chi connectivity index (χ1) is 10.2. The lowest BCUT2D eigenvalue weighted by molar-refractivity contribution is 0.249. The van der Waals surface area contributed by atoms with Gasteiger partial charge in [0.25, 0.3) is 0 Å².